The first-order valence-corrected chi connectivity index (χ1v) is 11.5. The van der Waals surface area contributed by atoms with E-state index in [1.54, 1.807) is 11.9 Å². The van der Waals surface area contributed by atoms with Gasteiger partial charge >= 0.3 is 0 Å². The molecule has 2 aromatic carbocycles. The molecule has 2 atom stereocenters. The first kappa shape index (κ1) is 21.5. The predicted molar refractivity (Wildman–Crippen MR) is 131 cm³/mol. The van der Waals surface area contributed by atoms with Gasteiger partial charge in [-0.1, -0.05) is 25.1 Å². The molecule has 33 heavy (non-hydrogen) atoms. The van der Waals surface area contributed by atoms with Crippen molar-refractivity contribution in [2.24, 2.45) is 5.92 Å². The zero-order valence-corrected chi connectivity index (χ0v) is 19.7. The summed E-state index contributed by atoms with van der Waals surface area (Å²) in [4.78, 5) is 17.7. The minimum Gasteiger partial charge on any atom is -0.372 e. The maximum Gasteiger partial charge on any atom is 0.274 e. The number of aromatic nitrogens is 1. The molecule has 1 aliphatic carbocycles. The molecule has 1 saturated carbocycles. The number of morpholine rings is 1. The van der Waals surface area contributed by atoms with Gasteiger partial charge in [-0.3, -0.25) is 4.79 Å². The van der Waals surface area contributed by atoms with E-state index >= 15 is 0 Å². The molecular weight excluding hydrogens is 412 g/mol. The molecule has 170 valence electrons. The number of carbonyl (C=O) groups excluding carboxylic acids is 1. The molecule has 0 unspecified atom stereocenters. The molecule has 5 rings (SSSR count). The molecule has 6 nitrogen and oxygen atoms in total. The highest BCUT2D eigenvalue weighted by molar-refractivity contribution is 6.08. The predicted octanol–water partition coefficient (Wildman–Crippen LogP) is 4.79. The summed E-state index contributed by atoms with van der Waals surface area (Å²) in [5, 5.41) is 11.1. The van der Waals surface area contributed by atoms with Crippen LogP contribution in [0, 0.1) is 17.2 Å². The van der Waals surface area contributed by atoms with E-state index in [-0.39, 0.29) is 17.4 Å². The average molecular weight is 443 g/mol. The topological polar surface area (TPSA) is 61.5 Å². The summed E-state index contributed by atoms with van der Waals surface area (Å²) >= 11 is 0. The van der Waals surface area contributed by atoms with Gasteiger partial charge in [0.05, 0.1) is 23.8 Å². The lowest BCUT2D eigenvalue weighted by molar-refractivity contribution is -0.0276. The monoisotopic (exact) mass is 442 g/mol. The van der Waals surface area contributed by atoms with Crippen molar-refractivity contribution in [3.63, 3.8) is 0 Å². The Morgan fingerprint density at radius 1 is 1.18 bits per heavy atom. The molecule has 2 aliphatic rings. The van der Waals surface area contributed by atoms with Crippen LogP contribution in [0.3, 0.4) is 0 Å². The highest BCUT2D eigenvalue weighted by atomic mass is 16.5. The maximum absolute atomic E-state index is 13.7. The number of nitriles is 1. The fourth-order valence-electron chi connectivity index (χ4n) is 5.09. The van der Waals surface area contributed by atoms with Crippen molar-refractivity contribution >= 4 is 28.2 Å². The van der Waals surface area contributed by atoms with Gasteiger partial charge in [0.25, 0.3) is 5.91 Å². The summed E-state index contributed by atoms with van der Waals surface area (Å²) in [6, 6.07) is 20.4. The summed E-state index contributed by atoms with van der Waals surface area (Å²) in [6.45, 7) is 8.62. The molecule has 0 radical (unpaired) electrons. The molecule has 3 aromatic rings. The number of hydrogen-bond acceptors (Lipinski definition) is 4. The lowest BCUT2D eigenvalue weighted by Gasteiger charge is -2.39. The summed E-state index contributed by atoms with van der Waals surface area (Å²) in [7, 11) is 1.79. The lowest BCUT2D eigenvalue weighted by atomic mass is 10.1. The minimum absolute atomic E-state index is 0.111. The van der Waals surface area contributed by atoms with Crippen molar-refractivity contribution in [3.8, 4) is 6.07 Å². The summed E-state index contributed by atoms with van der Waals surface area (Å²) < 4.78 is 7.86. The van der Waals surface area contributed by atoms with E-state index in [0.29, 0.717) is 12.3 Å². The summed E-state index contributed by atoms with van der Waals surface area (Å²) in [5.41, 5.74) is 2.55. The highest BCUT2D eigenvalue weighted by Gasteiger charge is 2.55. The van der Waals surface area contributed by atoms with E-state index in [2.05, 4.69) is 49.9 Å². The van der Waals surface area contributed by atoms with Crippen LogP contribution < -0.4 is 9.80 Å². The molecule has 0 bridgehead atoms. The van der Waals surface area contributed by atoms with Crippen LogP contribution in [0.5, 0.6) is 0 Å². The third-order valence-electron chi connectivity index (χ3n) is 7.11. The first-order valence-electron chi connectivity index (χ1n) is 11.5. The van der Waals surface area contributed by atoms with E-state index in [1.807, 2.05) is 41.0 Å². The second kappa shape index (κ2) is 7.64. The first-order chi connectivity index (χ1) is 15.8. The van der Waals surface area contributed by atoms with Gasteiger partial charge < -0.3 is 19.1 Å². The van der Waals surface area contributed by atoms with Gasteiger partial charge in [-0.2, -0.15) is 5.26 Å². The van der Waals surface area contributed by atoms with Crippen LogP contribution in [0.25, 0.3) is 10.9 Å². The maximum atomic E-state index is 13.7. The number of amides is 1. The van der Waals surface area contributed by atoms with Gasteiger partial charge in [-0.25, -0.2) is 0 Å². The minimum atomic E-state index is -0.674. The van der Waals surface area contributed by atoms with Crippen LogP contribution in [-0.4, -0.2) is 42.8 Å². The third kappa shape index (κ3) is 3.57. The van der Waals surface area contributed by atoms with Gasteiger partial charge in [0.2, 0.25) is 0 Å². The van der Waals surface area contributed by atoms with Crippen LogP contribution in [0.1, 0.15) is 37.7 Å². The van der Waals surface area contributed by atoms with Crippen LogP contribution in [0.2, 0.25) is 0 Å². The van der Waals surface area contributed by atoms with E-state index in [4.69, 9.17) is 4.74 Å². The number of ether oxygens (including phenoxy) is 1. The Morgan fingerprint density at radius 3 is 2.55 bits per heavy atom. The average Bonchev–Trinajstić information content (AvgIpc) is 3.32. The molecule has 0 spiro atoms. The number of benzene rings is 2. The molecule has 1 aliphatic heterocycles. The standard InChI is InChI=1S/C27H30N4O2/c1-19-16-27(19,17-28)31-23-11-10-22(30-12-13-33-26(2,3)18-30)14-20(23)15-24(31)25(32)29(4)21-8-6-5-7-9-21/h5-11,14-15,19H,12-13,16,18H2,1-4H3/t19-,27+/m0/s1. The quantitative estimate of drug-likeness (QED) is 0.583. The van der Waals surface area contributed by atoms with E-state index in [1.165, 1.54) is 0 Å². The van der Waals surface area contributed by atoms with Crippen molar-refractivity contribution in [2.45, 2.75) is 38.3 Å². The second-order valence-corrected chi connectivity index (χ2v) is 9.98. The number of para-hydroxylation sites is 1. The molecule has 1 amide bonds. The highest BCUT2D eigenvalue weighted by Crippen LogP contribution is 2.52. The Kier molecular flexibility index (Phi) is 4.98. The van der Waals surface area contributed by atoms with E-state index in [0.717, 1.165) is 41.8 Å². The van der Waals surface area contributed by atoms with Gasteiger partial charge in [0, 0.05) is 36.9 Å². The number of carbonyl (C=O) groups is 1. The molecule has 6 heteroatoms. The van der Waals surface area contributed by atoms with Gasteiger partial charge in [0.15, 0.2) is 0 Å². The number of nitrogens with zero attached hydrogens (tertiary/aromatic N) is 4. The molecular formula is C27H30N4O2. The summed E-state index contributed by atoms with van der Waals surface area (Å²) in [5.74, 6) is 0.0894. The SMILES string of the molecule is C[C@H]1C[C@]1(C#N)n1c(C(=O)N(C)c2ccccc2)cc2cc(N3CCOC(C)(C)C3)ccc21. The number of anilines is 2. The van der Waals surface area contributed by atoms with Gasteiger partial charge in [0.1, 0.15) is 11.2 Å². The molecule has 2 heterocycles. The Balaban J connectivity index is 1.61. The summed E-state index contributed by atoms with van der Waals surface area (Å²) in [6.07, 6.45) is 0.752. The van der Waals surface area contributed by atoms with Crippen molar-refractivity contribution in [2.75, 3.05) is 36.5 Å². The fourth-order valence-corrected chi connectivity index (χ4v) is 5.09. The van der Waals surface area contributed by atoms with Crippen molar-refractivity contribution in [1.29, 1.82) is 5.26 Å². The molecule has 1 saturated heterocycles. The smallest absolute Gasteiger partial charge is 0.274 e. The largest absolute Gasteiger partial charge is 0.372 e. The number of rotatable bonds is 4. The van der Waals surface area contributed by atoms with Crippen LogP contribution in [0.15, 0.2) is 54.6 Å². The van der Waals surface area contributed by atoms with Crippen LogP contribution in [-0.2, 0) is 10.3 Å². The van der Waals surface area contributed by atoms with Crippen molar-refractivity contribution in [3.05, 3.63) is 60.3 Å². The Bertz CT molecular complexity index is 1260. The van der Waals surface area contributed by atoms with E-state index < -0.39 is 5.54 Å². The Morgan fingerprint density at radius 2 is 1.91 bits per heavy atom. The zero-order valence-electron chi connectivity index (χ0n) is 19.7. The normalized spacial score (nSPS) is 23.8. The van der Waals surface area contributed by atoms with Gasteiger partial charge in [-0.15, -0.1) is 0 Å². The van der Waals surface area contributed by atoms with E-state index in [9.17, 15) is 10.1 Å². The Labute approximate surface area is 195 Å². The fraction of sp³-hybridized carbons (Fsp3) is 0.407. The van der Waals surface area contributed by atoms with Crippen LogP contribution >= 0.6 is 0 Å². The zero-order chi connectivity index (χ0) is 23.4. The molecule has 1 aromatic heterocycles. The van der Waals surface area contributed by atoms with Gasteiger partial charge in [-0.05, 0) is 62.6 Å². The third-order valence-corrected chi connectivity index (χ3v) is 7.11. The molecule has 2 fully saturated rings. The second-order valence-electron chi connectivity index (χ2n) is 9.98. The number of hydrogen-bond donors (Lipinski definition) is 0. The van der Waals surface area contributed by atoms with Crippen LogP contribution in [0.4, 0.5) is 11.4 Å². The number of fused-ring (bicyclic) bond motifs is 1. The Hall–Kier alpha value is -3.30. The van der Waals surface area contributed by atoms with Crippen molar-refractivity contribution < 1.29 is 9.53 Å². The van der Waals surface area contributed by atoms with Crippen molar-refractivity contribution in [1.82, 2.24) is 4.57 Å². The lowest BCUT2D eigenvalue weighted by Crippen LogP contribution is -2.48. The molecule has 0 N–H and O–H groups in total.